The Kier molecular flexibility index (Phi) is 3.16. The van der Waals surface area contributed by atoms with Crippen molar-refractivity contribution in [2.45, 2.75) is 64.8 Å². The second-order valence-electron chi connectivity index (χ2n) is 5.98. The first-order valence-electron chi connectivity index (χ1n) is 6.41. The van der Waals surface area contributed by atoms with Gasteiger partial charge in [-0.1, -0.05) is 32.6 Å². The molecule has 14 heavy (non-hydrogen) atoms. The number of hydrogen-bond donors (Lipinski definition) is 1. The maximum absolute atomic E-state index is 3.72. The molecule has 0 amide bonds. The topological polar surface area (TPSA) is 12.0 Å². The molecule has 0 bridgehead atoms. The lowest BCUT2D eigenvalue weighted by Crippen LogP contribution is -2.41. The van der Waals surface area contributed by atoms with Gasteiger partial charge in [-0.3, -0.25) is 0 Å². The van der Waals surface area contributed by atoms with Crippen LogP contribution in [0.15, 0.2) is 0 Å². The molecule has 1 unspecified atom stereocenters. The van der Waals surface area contributed by atoms with Crippen molar-refractivity contribution in [1.82, 2.24) is 5.32 Å². The van der Waals surface area contributed by atoms with E-state index in [1.807, 2.05) is 0 Å². The standard InChI is InChI=1S/C13H25N/c1-11(9-12-5-3-6-12)14-10-13(2)7-4-8-13/h11-12,14H,3-10H2,1-2H3. The Morgan fingerprint density at radius 3 is 2.43 bits per heavy atom. The summed E-state index contributed by atoms with van der Waals surface area (Å²) >= 11 is 0. The van der Waals surface area contributed by atoms with E-state index in [-0.39, 0.29) is 0 Å². The van der Waals surface area contributed by atoms with E-state index in [1.54, 1.807) is 0 Å². The molecule has 0 aromatic carbocycles. The highest BCUT2D eigenvalue weighted by Crippen LogP contribution is 2.39. The predicted molar refractivity (Wildman–Crippen MR) is 61.4 cm³/mol. The monoisotopic (exact) mass is 195 g/mol. The molecule has 2 rings (SSSR count). The quantitative estimate of drug-likeness (QED) is 0.709. The lowest BCUT2D eigenvalue weighted by Gasteiger charge is -2.40. The SMILES string of the molecule is CC(CC1CCC1)NCC1(C)CCC1. The molecule has 0 spiro atoms. The average molecular weight is 195 g/mol. The van der Waals surface area contributed by atoms with Crippen molar-refractivity contribution in [2.24, 2.45) is 11.3 Å². The van der Waals surface area contributed by atoms with Crippen molar-refractivity contribution in [3.8, 4) is 0 Å². The van der Waals surface area contributed by atoms with Gasteiger partial charge in [0.15, 0.2) is 0 Å². The molecule has 0 heterocycles. The summed E-state index contributed by atoms with van der Waals surface area (Å²) in [6, 6.07) is 0.748. The van der Waals surface area contributed by atoms with Crippen LogP contribution in [0.3, 0.4) is 0 Å². The van der Waals surface area contributed by atoms with E-state index in [2.05, 4.69) is 19.2 Å². The van der Waals surface area contributed by atoms with Gasteiger partial charge in [-0.2, -0.15) is 0 Å². The van der Waals surface area contributed by atoms with E-state index >= 15 is 0 Å². The Morgan fingerprint density at radius 2 is 2.00 bits per heavy atom. The van der Waals surface area contributed by atoms with Gasteiger partial charge in [0.05, 0.1) is 0 Å². The maximum Gasteiger partial charge on any atom is 0.00415 e. The van der Waals surface area contributed by atoms with E-state index < -0.39 is 0 Å². The first kappa shape index (κ1) is 10.5. The van der Waals surface area contributed by atoms with Gasteiger partial charge in [0, 0.05) is 12.6 Å². The van der Waals surface area contributed by atoms with E-state index in [1.165, 1.54) is 51.5 Å². The molecule has 0 aromatic rings. The smallest absolute Gasteiger partial charge is 0.00415 e. The Bertz CT molecular complexity index is 180. The molecule has 2 aliphatic carbocycles. The lowest BCUT2D eigenvalue weighted by molar-refractivity contribution is 0.146. The molecule has 1 nitrogen and oxygen atoms in total. The second-order valence-corrected chi connectivity index (χ2v) is 5.98. The van der Waals surface area contributed by atoms with Crippen molar-refractivity contribution in [3.63, 3.8) is 0 Å². The molecule has 2 aliphatic rings. The summed E-state index contributed by atoms with van der Waals surface area (Å²) in [5, 5.41) is 3.72. The highest BCUT2D eigenvalue weighted by atomic mass is 14.9. The molecule has 82 valence electrons. The van der Waals surface area contributed by atoms with Gasteiger partial charge < -0.3 is 5.32 Å². The molecule has 0 aliphatic heterocycles. The number of nitrogens with one attached hydrogen (secondary N) is 1. The van der Waals surface area contributed by atoms with Crippen molar-refractivity contribution >= 4 is 0 Å². The molecule has 0 radical (unpaired) electrons. The first-order valence-corrected chi connectivity index (χ1v) is 6.41. The normalized spacial score (nSPS) is 27.9. The minimum Gasteiger partial charge on any atom is -0.314 e. The van der Waals surface area contributed by atoms with Crippen molar-refractivity contribution in [3.05, 3.63) is 0 Å². The van der Waals surface area contributed by atoms with Crippen LogP contribution >= 0.6 is 0 Å². The van der Waals surface area contributed by atoms with Crippen molar-refractivity contribution < 1.29 is 0 Å². The number of hydrogen-bond acceptors (Lipinski definition) is 1. The second kappa shape index (κ2) is 4.22. The van der Waals surface area contributed by atoms with Crippen LogP contribution in [-0.4, -0.2) is 12.6 Å². The zero-order chi connectivity index (χ0) is 10.0. The van der Waals surface area contributed by atoms with Crippen LogP contribution in [0.2, 0.25) is 0 Å². The molecular formula is C13H25N. The van der Waals surface area contributed by atoms with Gasteiger partial charge in [0.2, 0.25) is 0 Å². The fourth-order valence-corrected chi connectivity index (χ4v) is 2.69. The summed E-state index contributed by atoms with van der Waals surface area (Å²) in [4.78, 5) is 0. The molecular weight excluding hydrogens is 170 g/mol. The van der Waals surface area contributed by atoms with Gasteiger partial charge in [0.25, 0.3) is 0 Å². The molecule has 1 N–H and O–H groups in total. The van der Waals surface area contributed by atoms with Gasteiger partial charge in [-0.15, -0.1) is 0 Å². The summed E-state index contributed by atoms with van der Waals surface area (Å²) in [5.41, 5.74) is 0.647. The predicted octanol–water partition coefficient (Wildman–Crippen LogP) is 3.34. The highest BCUT2D eigenvalue weighted by molar-refractivity contribution is 4.86. The fourth-order valence-electron chi connectivity index (χ4n) is 2.69. The summed E-state index contributed by atoms with van der Waals surface area (Å²) in [7, 11) is 0. The van der Waals surface area contributed by atoms with Crippen LogP contribution in [0.25, 0.3) is 0 Å². The van der Waals surface area contributed by atoms with Gasteiger partial charge in [0.1, 0.15) is 0 Å². The lowest BCUT2D eigenvalue weighted by atomic mass is 9.70. The van der Waals surface area contributed by atoms with E-state index in [9.17, 15) is 0 Å². The highest BCUT2D eigenvalue weighted by Gasteiger charge is 2.31. The molecule has 1 heteroatoms. The maximum atomic E-state index is 3.72. The van der Waals surface area contributed by atoms with Crippen LogP contribution in [-0.2, 0) is 0 Å². The van der Waals surface area contributed by atoms with E-state index in [0.29, 0.717) is 5.41 Å². The largest absolute Gasteiger partial charge is 0.314 e. The van der Waals surface area contributed by atoms with Crippen molar-refractivity contribution in [1.29, 1.82) is 0 Å². The third-order valence-corrected chi connectivity index (χ3v) is 4.35. The van der Waals surface area contributed by atoms with Crippen LogP contribution in [0, 0.1) is 11.3 Å². The van der Waals surface area contributed by atoms with Gasteiger partial charge >= 0.3 is 0 Å². The molecule has 0 aromatic heterocycles. The summed E-state index contributed by atoms with van der Waals surface area (Å²) < 4.78 is 0. The average Bonchev–Trinajstić information content (AvgIpc) is 2.05. The zero-order valence-corrected chi connectivity index (χ0v) is 9.81. The Balaban J connectivity index is 1.59. The van der Waals surface area contributed by atoms with Gasteiger partial charge in [-0.25, -0.2) is 0 Å². The first-order chi connectivity index (χ1) is 6.68. The summed E-state index contributed by atoms with van der Waals surface area (Å²) in [5.74, 6) is 1.05. The zero-order valence-electron chi connectivity index (χ0n) is 9.81. The van der Waals surface area contributed by atoms with E-state index in [4.69, 9.17) is 0 Å². The Hall–Kier alpha value is -0.0400. The third kappa shape index (κ3) is 2.50. The Labute approximate surface area is 88.7 Å². The Morgan fingerprint density at radius 1 is 1.29 bits per heavy atom. The van der Waals surface area contributed by atoms with Crippen LogP contribution in [0.5, 0.6) is 0 Å². The van der Waals surface area contributed by atoms with Crippen LogP contribution in [0.1, 0.15) is 58.8 Å². The molecule has 1 atom stereocenters. The summed E-state index contributed by atoms with van der Waals surface area (Å²) in [6.45, 7) is 6.04. The minimum absolute atomic E-state index is 0.647. The molecule has 2 saturated carbocycles. The molecule has 2 fully saturated rings. The van der Waals surface area contributed by atoms with Gasteiger partial charge in [-0.05, 0) is 37.5 Å². The molecule has 0 saturated heterocycles. The summed E-state index contributed by atoms with van der Waals surface area (Å²) in [6.07, 6.45) is 10.2. The van der Waals surface area contributed by atoms with Crippen LogP contribution < -0.4 is 5.32 Å². The van der Waals surface area contributed by atoms with Crippen LogP contribution in [0.4, 0.5) is 0 Å². The van der Waals surface area contributed by atoms with E-state index in [0.717, 1.165) is 12.0 Å². The number of rotatable bonds is 5. The minimum atomic E-state index is 0.647. The third-order valence-electron chi connectivity index (χ3n) is 4.35. The fraction of sp³-hybridized carbons (Fsp3) is 1.00. The van der Waals surface area contributed by atoms with Crippen molar-refractivity contribution in [2.75, 3.05) is 6.54 Å².